The molecule has 2 aliphatic heterocycles. The van der Waals surface area contributed by atoms with E-state index in [1.807, 2.05) is 0 Å². The van der Waals surface area contributed by atoms with Gasteiger partial charge >= 0.3 is 5.97 Å². The van der Waals surface area contributed by atoms with E-state index in [9.17, 15) is 4.79 Å². The molecule has 0 aromatic heterocycles. The van der Waals surface area contributed by atoms with Gasteiger partial charge in [-0.3, -0.25) is 4.79 Å². The van der Waals surface area contributed by atoms with Crippen molar-refractivity contribution >= 4 is 5.97 Å². The highest BCUT2D eigenvalue weighted by molar-refractivity contribution is 5.75. The van der Waals surface area contributed by atoms with Crippen LogP contribution in [0.15, 0.2) is 0 Å². The third-order valence-corrected chi connectivity index (χ3v) is 3.37. The predicted octanol–water partition coefficient (Wildman–Crippen LogP) is 0.444. The van der Waals surface area contributed by atoms with E-state index in [1.165, 1.54) is 7.11 Å². The summed E-state index contributed by atoms with van der Waals surface area (Å²) in [6, 6.07) is -0.510. The van der Waals surface area contributed by atoms with Crippen LogP contribution in [0.3, 0.4) is 0 Å². The molecule has 0 aromatic rings. The molecule has 14 heavy (non-hydrogen) atoms. The largest absolute Gasteiger partial charge is 0.468 e. The summed E-state index contributed by atoms with van der Waals surface area (Å²) in [4.78, 5) is 11.3. The molecule has 0 saturated carbocycles. The van der Waals surface area contributed by atoms with Crippen molar-refractivity contribution in [1.82, 2.24) is 0 Å². The zero-order valence-electron chi connectivity index (χ0n) is 8.44. The van der Waals surface area contributed by atoms with Crippen LogP contribution in [0, 0.1) is 5.92 Å². The molecule has 2 fully saturated rings. The highest BCUT2D eigenvalue weighted by Crippen LogP contribution is 2.37. The third-order valence-electron chi connectivity index (χ3n) is 3.37. The first-order valence-corrected chi connectivity index (χ1v) is 5.21. The summed E-state index contributed by atoms with van der Waals surface area (Å²) in [6.45, 7) is 0. The van der Waals surface area contributed by atoms with Gasteiger partial charge in [-0.15, -0.1) is 0 Å². The Labute approximate surface area is 83.7 Å². The fourth-order valence-electron chi connectivity index (χ4n) is 2.55. The second kappa shape index (κ2) is 3.87. The van der Waals surface area contributed by atoms with Crippen LogP contribution in [0.2, 0.25) is 0 Å². The lowest BCUT2D eigenvalue weighted by Crippen LogP contribution is -2.46. The molecule has 0 spiro atoms. The minimum Gasteiger partial charge on any atom is -0.468 e. The SMILES string of the molecule is COC(=O)C(N)C1CCC2CCC1O2. The van der Waals surface area contributed by atoms with Crippen LogP contribution in [0.1, 0.15) is 25.7 Å². The number of methoxy groups -OCH3 is 1. The monoisotopic (exact) mass is 199 g/mol. The van der Waals surface area contributed by atoms with Gasteiger partial charge in [-0.05, 0) is 25.7 Å². The zero-order valence-corrected chi connectivity index (χ0v) is 8.44. The number of fused-ring (bicyclic) bond motifs is 2. The molecule has 4 atom stereocenters. The Morgan fingerprint density at radius 3 is 2.86 bits per heavy atom. The van der Waals surface area contributed by atoms with Crippen molar-refractivity contribution in [2.75, 3.05) is 7.11 Å². The number of carbonyl (C=O) groups excluding carboxylic acids is 1. The van der Waals surface area contributed by atoms with Crippen LogP contribution in [0.25, 0.3) is 0 Å². The summed E-state index contributed by atoms with van der Waals surface area (Å²) in [5, 5.41) is 0. The average molecular weight is 199 g/mol. The topological polar surface area (TPSA) is 61.5 Å². The van der Waals surface area contributed by atoms with Crippen LogP contribution in [-0.2, 0) is 14.3 Å². The van der Waals surface area contributed by atoms with Crippen molar-refractivity contribution in [1.29, 1.82) is 0 Å². The second-order valence-electron chi connectivity index (χ2n) is 4.16. The highest BCUT2D eigenvalue weighted by atomic mass is 16.5. The van der Waals surface area contributed by atoms with E-state index in [2.05, 4.69) is 4.74 Å². The van der Waals surface area contributed by atoms with Gasteiger partial charge in [0.2, 0.25) is 0 Å². The Morgan fingerprint density at radius 2 is 2.14 bits per heavy atom. The lowest BCUT2D eigenvalue weighted by molar-refractivity contribution is -0.146. The molecule has 4 nitrogen and oxygen atoms in total. The van der Waals surface area contributed by atoms with Crippen molar-refractivity contribution in [3.63, 3.8) is 0 Å². The molecule has 0 aromatic carbocycles. The van der Waals surface area contributed by atoms with Crippen molar-refractivity contribution in [3.05, 3.63) is 0 Å². The Kier molecular flexibility index (Phi) is 2.74. The average Bonchev–Trinajstić information content (AvgIpc) is 2.59. The van der Waals surface area contributed by atoms with Gasteiger partial charge in [0.1, 0.15) is 6.04 Å². The van der Waals surface area contributed by atoms with Gasteiger partial charge in [-0.1, -0.05) is 0 Å². The Bertz CT molecular complexity index is 231. The van der Waals surface area contributed by atoms with Gasteiger partial charge in [0.25, 0.3) is 0 Å². The first-order valence-electron chi connectivity index (χ1n) is 5.21. The highest BCUT2D eigenvalue weighted by Gasteiger charge is 2.41. The fourth-order valence-corrected chi connectivity index (χ4v) is 2.55. The molecule has 2 N–H and O–H groups in total. The van der Waals surface area contributed by atoms with E-state index in [0.29, 0.717) is 6.10 Å². The number of ether oxygens (including phenoxy) is 2. The van der Waals surface area contributed by atoms with E-state index < -0.39 is 6.04 Å². The van der Waals surface area contributed by atoms with Crippen molar-refractivity contribution in [3.8, 4) is 0 Å². The van der Waals surface area contributed by atoms with Gasteiger partial charge in [0, 0.05) is 5.92 Å². The Balaban J connectivity index is 2.00. The molecule has 0 radical (unpaired) electrons. The minimum absolute atomic E-state index is 0.154. The summed E-state index contributed by atoms with van der Waals surface area (Å²) in [7, 11) is 1.38. The van der Waals surface area contributed by atoms with Crippen LogP contribution in [0.5, 0.6) is 0 Å². The molecule has 4 heteroatoms. The first-order chi connectivity index (χ1) is 6.72. The molecule has 80 valence electrons. The van der Waals surface area contributed by atoms with Crippen molar-refractivity contribution in [2.24, 2.45) is 11.7 Å². The molecule has 2 saturated heterocycles. The maximum absolute atomic E-state index is 11.3. The van der Waals surface area contributed by atoms with E-state index in [1.54, 1.807) is 0 Å². The number of hydrogen-bond donors (Lipinski definition) is 1. The summed E-state index contributed by atoms with van der Waals surface area (Å²) in [5.74, 6) is -0.162. The van der Waals surface area contributed by atoms with Crippen molar-refractivity contribution in [2.45, 2.75) is 43.9 Å². The Hall–Kier alpha value is -0.610. The maximum atomic E-state index is 11.3. The first kappa shape index (κ1) is 9.93. The van der Waals surface area contributed by atoms with Gasteiger partial charge in [-0.2, -0.15) is 0 Å². The van der Waals surface area contributed by atoms with Gasteiger partial charge in [-0.25, -0.2) is 0 Å². The van der Waals surface area contributed by atoms with Gasteiger partial charge in [0.05, 0.1) is 19.3 Å². The second-order valence-corrected chi connectivity index (χ2v) is 4.16. The normalized spacial score (nSPS) is 38.0. The quantitative estimate of drug-likeness (QED) is 0.656. The number of esters is 1. The lowest BCUT2D eigenvalue weighted by atomic mass is 9.88. The smallest absolute Gasteiger partial charge is 0.323 e. The standard InChI is InChI=1S/C10H17NO3/c1-13-10(12)9(11)7-4-2-6-3-5-8(7)14-6/h6-9H,2-5,11H2,1H3. The molecular formula is C10H17NO3. The van der Waals surface area contributed by atoms with Crippen LogP contribution >= 0.6 is 0 Å². The van der Waals surface area contributed by atoms with Crippen LogP contribution in [0.4, 0.5) is 0 Å². The molecule has 0 aliphatic carbocycles. The van der Waals surface area contributed by atoms with Crippen LogP contribution in [-0.4, -0.2) is 31.3 Å². The van der Waals surface area contributed by atoms with E-state index >= 15 is 0 Å². The molecular weight excluding hydrogens is 182 g/mol. The zero-order chi connectivity index (χ0) is 10.1. The number of nitrogens with two attached hydrogens (primary N) is 1. The van der Waals surface area contributed by atoms with E-state index in [0.717, 1.165) is 25.7 Å². The predicted molar refractivity (Wildman–Crippen MR) is 50.6 cm³/mol. The molecule has 2 heterocycles. The summed E-state index contributed by atoms with van der Waals surface area (Å²) in [5.41, 5.74) is 5.83. The fraction of sp³-hybridized carbons (Fsp3) is 0.900. The summed E-state index contributed by atoms with van der Waals surface area (Å²) < 4.78 is 10.4. The summed E-state index contributed by atoms with van der Waals surface area (Å²) >= 11 is 0. The summed E-state index contributed by atoms with van der Waals surface area (Å²) in [6.07, 6.45) is 4.79. The minimum atomic E-state index is -0.510. The Morgan fingerprint density at radius 1 is 1.43 bits per heavy atom. The van der Waals surface area contributed by atoms with Crippen LogP contribution < -0.4 is 5.73 Å². The van der Waals surface area contributed by atoms with Gasteiger partial charge in [0.15, 0.2) is 0 Å². The third kappa shape index (κ3) is 1.64. The molecule has 4 unspecified atom stereocenters. The van der Waals surface area contributed by atoms with Crippen molar-refractivity contribution < 1.29 is 14.3 Å². The van der Waals surface area contributed by atoms with Gasteiger partial charge < -0.3 is 15.2 Å². The number of carbonyl (C=O) groups is 1. The van der Waals surface area contributed by atoms with E-state index in [-0.39, 0.29) is 18.0 Å². The maximum Gasteiger partial charge on any atom is 0.323 e. The molecule has 0 amide bonds. The molecule has 2 rings (SSSR count). The molecule has 2 aliphatic rings. The molecule has 2 bridgehead atoms. The number of hydrogen-bond acceptors (Lipinski definition) is 4. The number of rotatable bonds is 2. The van der Waals surface area contributed by atoms with E-state index in [4.69, 9.17) is 10.5 Å². The lowest BCUT2D eigenvalue weighted by Gasteiger charge is -2.32.